The van der Waals surface area contributed by atoms with E-state index in [9.17, 15) is 0 Å². The van der Waals surface area contributed by atoms with Gasteiger partial charge in [-0.2, -0.15) is 0 Å². The normalized spacial score (nSPS) is 11.8. The largest absolute Gasteiger partial charge is 0.382 e. The van der Waals surface area contributed by atoms with E-state index in [2.05, 4.69) is 16.6 Å². The molecule has 66 valence electrons. The molecule has 0 spiro atoms. The van der Waals surface area contributed by atoms with Gasteiger partial charge in [0.05, 0.1) is 0 Å². The molecule has 0 rings (SSSR count). The van der Waals surface area contributed by atoms with Gasteiger partial charge in [-0.1, -0.05) is 6.58 Å². The Bertz CT molecular complexity index is 242. The Morgan fingerprint density at radius 1 is 1.42 bits per heavy atom. The average Bonchev–Trinajstić information content (AvgIpc) is 1.99. The lowest BCUT2D eigenvalue weighted by molar-refractivity contribution is 1.26. The third-order valence-electron chi connectivity index (χ3n) is 1.20. The van der Waals surface area contributed by atoms with Crippen LogP contribution in [0.2, 0.25) is 0 Å². The average molecular weight is 165 g/mol. The molecule has 0 bridgehead atoms. The van der Waals surface area contributed by atoms with E-state index in [1.54, 1.807) is 6.21 Å². The molecule has 0 aromatic rings. The quantitative estimate of drug-likeness (QED) is 0.503. The van der Waals surface area contributed by atoms with Gasteiger partial charge in [0.2, 0.25) is 0 Å². The number of nitrogens with zero attached hydrogens (tertiary/aromatic N) is 2. The summed E-state index contributed by atoms with van der Waals surface area (Å²) in [6.07, 6.45) is 3.09. The summed E-state index contributed by atoms with van der Waals surface area (Å²) < 4.78 is 0. The third-order valence-corrected chi connectivity index (χ3v) is 1.20. The van der Waals surface area contributed by atoms with Crippen LogP contribution in [0, 0.1) is 0 Å². The first kappa shape index (κ1) is 10.6. The van der Waals surface area contributed by atoms with Gasteiger partial charge in [-0.3, -0.25) is 4.99 Å². The highest BCUT2D eigenvalue weighted by atomic mass is 14.9. The lowest BCUT2D eigenvalue weighted by Crippen LogP contribution is -2.14. The van der Waals surface area contributed by atoms with E-state index >= 15 is 0 Å². The molecule has 0 aromatic carbocycles. The molecular formula is C9H15N3. The van der Waals surface area contributed by atoms with E-state index in [1.165, 1.54) is 6.20 Å². The molecule has 2 N–H and O–H groups in total. The van der Waals surface area contributed by atoms with Crippen LogP contribution in [-0.4, -0.2) is 12.1 Å². The van der Waals surface area contributed by atoms with Crippen molar-refractivity contribution in [3.63, 3.8) is 0 Å². The molecule has 0 aliphatic rings. The summed E-state index contributed by atoms with van der Waals surface area (Å²) in [5.41, 5.74) is 7.38. The second-order valence-corrected chi connectivity index (χ2v) is 2.43. The Hall–Kier alpha value is -1.38. The SMILES string of the molecule is C=CN=C(N)C(N=CC)=C(C)C. The monoisotopic (exact) mass is 165 g/mol. The summed E-state index contributed by atoms with van der Waals surface area (Å²) in [4.78, 5) is 7.94. The number of hydrogen-bond acceptors (Lipinski definition) is 2. The molecule has 0 radical (unpaired) electrons. The molecule has 0 amide bonds. The first-order valence-corrected chi connectivity index (χ1v) is 3.74. The van der Waals surface area contributed by atoms with Crippen LogP contribution in [0.4, 0.5) is 0 Å². The van der Waals surface area contributed by atoms with Crippen molar-refractivity contribution in [3.05, 3.63) is 24.0 Å². The molecular weight excluding hydrogens is 150 g/mol. The molecule has 3 nitrogen and oxygen atoms in total. The molecule has 0 fully saturated rings. The second kappa shape index (κ2) is 5.29. The summed E-state index contributed by atoms with van der Waals surface area (Å²) in [7, 11) is 0. The van der Waals surface area contributed by atoms with Crippen LogP contribution >= 0.6 is 0 Å². The lowest BCUT2D eigenvalue weighted by Gasteiger charge is -2.01. The topological polar surface area (TPSA) is 50.7 Å². The highest BCUT2D eigenvalue weighted by molar-refractivity contribution is 5.98. The molecule has 0 aliphatic heterocycles. The maximum atomic E-state index is 5.62. The third kappa shape index (κ3) is 3.14. The molecule has 0 atom stereocenters. The standard InChI is InChI=1S/C9H15N3/c1-5-11-8(7(3)4)9(10)12-6-2/h5-6H,2H2,1,3-4H3,(H2,10,12). The molecule has 0 unspecified atom stereocenters. The molecule has 0 heterocycles. The summed E-state index contributed by atoms with van der Waals surface area (Å²) in [6.45, 7) is 9.17. The van der Waals surface area contributed by atoms with Gasteiger partial charge < -0.3 is 5.73 Å². The Labute approximate surface area is 73.4 Å². The van der Waals surface area contributed by atoms with E-state index in [1.807, 2.05) is 20.8 Å². The van der Waals surface area contributed by atoms with Crippen molar-refractivity contribution in [2.75, 3.05) is 0 Å². The Morgan fingerprint density at radius 3 is 2.33 bits per heavy atom. The van der Waals surface area contributed by atoms with Crippen molar-refractivity contribution in [3.8, 4) is 0 Å². The van der Waals surface area contributed by atoms with Crippen molar-refractivity contribution in [2.24, 2.45) is 15.7 Å². The van der Waals surface area contributed by atoms with Crippen LogP contribution in [-0.2, 0) is 0 Å². The maximum Gasteiger partial charge on any atom is 0.149 e. The van der Waals surface area contributed by atoms with Gasteiger partial charge in [0, 0.05) is 12.4 Å². The molecule has 0 aromatic heterocycles. The van der Waals surface area contributed by atoms with Gasteiger partial charge in [0.1, 0.15) is 11.5 Å². The van der Waals surface area contributed by atoms with Crippen LogP contribution < -0.4 is 5.73 Å². The van der Waals surface area contributed by atoms with Crippen molar-refractivity contribution >= 4 is 12.1 Å². The highest BCUT2D eigenvalue weighted by Crippen LogP contribution is 2.04. The maximum absolute atomic E-state index is 5.62. The molecule has 0 aliphatic carbocycles. The Balaban J connectivity index is 4.90. The van der Waals surface area contributed by atoms with Gasteiger partial charge in [0.15, 0.2) is 0 Å². The predicted molar refractivity (Wildman–Crippen MR) is 54.4 cm³/mol. The minimum Gasteiger partial charge on any atom is -0.382 e. The van der Waals surface area contributed by atoms with E-state index in [-0.39, 0.29) is 0 Å². The van der Waals surface area contributed by atoms with Gasteiger partial charge in [0.25, 0.3) is 0 Å². The molecule has 0 saturated carbocycles. The van der Waals surface area contributed by atoms with Crippen LogP contribution in [0.1, 0.15) is 20.8 Å². The fourth-order valence-corrected chi connectivity index (χ4v) is 0.740. The van der Waals surface area contributed by atoms with Crippen molar-refractivity contribution in [2.45, 2.75) is 20.8 Å². The smallest absolute Gasteiger partial charge is 0.149 e. The number of amidine groups is 1. The first-order chi connectivity index (χ1) is 5.63. The van der Waals surface area contributed by atoms with Crippen LogP contribution in [0.25, 0.3) is 0 Å². The van der Waals surface area contributed by atoms with Crippen molar-refractivity contribution < 1.29 is 0 Å². The highest BCUT2D eigenvalue weighted by Gasteiger charge is 2.00. The minimum absolute atomic E-state index is 0.406. The van der Waals surface area contributed by atoms with Gasteiger partial charge in [-0.05, 0) is 26.3 Å². The Morgan fingerprint density at radius 2 is 2.00 bits per heavy atom. The fourth-order valence-electron chi connectivity index (χ4n) is 0.740. The zero-order valence-electron chi connectivity index (χ0n) is 7.83. The van der Waals surface area contributed by atoms with Gasteiger partial charge in [-0.25, -0.2) is 4.99 Å². The number of hydrogen-bond donors (Lipinski definition) is 1. The zero-order valence-corrected chi connectivity index (χ0v) is 7.83. The van der Waals surface area contributed by atoms with Crippen molar-refractivity contribution in [1.29, 1.82) is 0 Å². The van der Waals surface area contributed by atoms with E-state index in [4.69, 9.17) is 5.73 Å². The van der Waals surface area contributed by atoms with Gasteiger partial charge >= 0.3 is 0 Å². The summed E-state index contributed by atoms with van der Waals surface area (Å²) in [5.74, 6) is 0.406. The fraction of sp³-hybridized carbons (Fsp3) is 0.333. The number of allylic oxidation sites excluding steroid dienone is 1. The molecule has 3 heteroatoms. The molecule has 12 heavy (non-hydrogen) atoms. The first-order valence-electron chi connectivity index (χ1n) is 3.74. The van der Waals surface area contributed by atoms with Crippen LogP contribution in [0.15, 0.2) is 34.0 Å². The van der Waals surface area contributed by atoms with Crippen LogP contribution in [0.3, 0.4) is 0 Å². The number of nitrogens with two attached hydrogens (primary N) is 1. The summed E-state index contributed by atoms with van der Waals surface area (Å²) in [5, 5.41) is 0. The second-order valence-electron chi connectivity index (χ2n) is 2.43. The predicted octanol–water partition coefficient (Wildman–Crippen LogP) is 1.87. The van der Waals surface area contributed by atoms with E-state index in [0.29, 0.717) is 5.84 Å². The van der Waals surface area contributed by atoms with Crippen molar-refractivity contribution in [1.82, 2.24) is 0 Å². The number of rotatable bonds is 3. The van der Waals surface area contributed by atoms with E-state index < -0.39 is 0 Å². The van der Waals surface area contributed by atoms with Gasteiger partial charge in [-0.15, -0.1) is 0 Å². The minimum atomic E-state index is 0.406. The lowest BCUT2D eigenvalue weighted by atomic mass is 10.2. The van der Waals surface area contributed by atoms with Crippen LogP contribution in [0.5, 0.6) is 0 Å². The Kier molecular flexibility index (Phi) is 4.69. The zero-order chi connectivity index (χ0) is 9.56. The summed E-state index contributed by atoms with van der Waals surface area (Å²) in [6, 6.07) is 0. The number of aliphatic imine (C=N–C) groups is 2. The summed E-state index contributed by atoms with van der Waals surface area (Å²) >= 11 is 0. The molecule has 0 saturated heterocycles. The van der Waals surface area contributed by atoms with E-state index in [0.717, 1.165) is 11.3 Å².